The van der Waals surface area contributed by atoms with Crippen LogP contribution in [0.15, 0.2) is 0 Å². The number of rotatable bonds is 11. The number of esters is 1. The third-order valence-corrected chi connectivity index (χ3v) is 4.68. The van der Waals surface area contributed by atoms with Crippen LogP contribution in [0.5, 0.6) is 0 Å². The van der Waals surface area contributed by atoms with Crippen LogP contribution in [0.1, 0.15) is 90.9 Å². The van der Waals surface area contributed by atoms with Crippen molar-refractivity contribution in [3.05, 3.63) is 0 Å². The van der Waals surface area contributed by atoms with Crippen LogP contribution in [-0.2, 0) is 14.3 Å². The molecule has 0 aromatic heterocycles. The van der Waals surface area contributed by atoms with E-state index < -0.39 is 6.04 Å². The van der Waals surface area contributed by atoms with Gasteiger partial charge in [-0.3, -0.25) is 4.79 Å². The fourth-order valence-electron chi connectivity index (χ4n) is 3.11. The third kappa shape index (κ3) is 8.97. The highest BCUT2D eigenvalue weighted by molar-refractivity contribution is 5.85. The minimum Gasteiger partial charge on any atom is -0.464 e. The van der Waals surface area contributed by atoms with Crippen LogP contribution in [0.25, 0.3) is 0 Å². The highest BCUT2D eigenvalue weighted by atomic mass is 16.5. The molecule has 1 aliphatic carbocycles. The largest absolute Gasteiger partial charge is 0.464 e. The molecule has 0 aromatic carbocycles. The maximum Gasteiger partial charge on any atom is 0.328 e. The van der Waals surface area contributed by atoms with Gasteiger partial charge in [0.2, 0.25) is 5.91 Å². The van der Waals surface area contributed by atoms with Crippen LogP contribution >= 0.6 is 0 Å². The van der Waals surface area contributed by atoms with Crippen molar-refractivity contribution in [3.63, 3.8) is 0 Å². The third-order valence-electron chi connectivity index (χ3n) is 4.68. The zero-order chi connectivity index (χ0) is 16.9. The summed E-state index contributed by atoms with van der Waals surface area (Å²) in [6, 6.07) is -0.533. The van der Waals surface area contributed by atoms with Crippen molar-refractivity contribution in [1.29, 1.82) is 0 Å². The molecule has 1 atom stereocenters. The van der Waals surface area contributed by atoms with Crippen molar-refractivity contribution in [2.75, 3.05) is 6.61 Å². The molecule has 0 spiro atoms. The SMILES string of the molecule is CCCCCCCCCOC(=O)[C@H](C)NC(=O)C1CCCCC1. The Morgan fingerprint density at radius 1 is 1.00 bits per heavy atom. The van der Waals surface area contributed by atoms with E-state index in [-0.39, 0.29) is 17.8 Å². The molecule has 4 nitrogen and oxygen atoms in total. The van der Waals surface area contributed by atoms with E-state index in [0.717, 1.165) is 38.5 Å². The molecule has 0 saturated heterocycles. The lowest BCUT2D eigenvalue weighted by atomic mass is 9.88. The van der Waals surface area contributed by atoms with Gasteiger partial charge in [-0.2, -0.15) is 0 Å². The first-order chi connectivity index (χ1) is 11.1. The molecule has 0 aliphatic heterocycles. The number of hydrogen-bond acceptors (Lipinski definition) is 3. The van der Waals surface area contributed by atoms with Gasteiger partial charge >= 0.3 is 5.97 Å². The molecule has 0 heterocycles. The van der Waals surface area contributed by atoms with Gasteiger partial charge in [0.1, 0.15) is 6.04 Å². The Morgan fingerprint density at radius 3 is 2.26 bits per heavy atom. The van der Waals surface area contributed by atoms with Gasteiger partial charge in [-0.05, 0) is 26.2 Å². The van der Waals surface area contributed by atoms with E-state index in [0.29, 0.717) is 6.61 Å². The van der Waals surface area contributed by atoms with E-state index in [2.05, 4.69) is 12.2 Å². The Labute approximate surface area is 141 Å². The summed E-state index contributed by atoms with van der Waals surface area (Å²) in [4.78, 5) is 24.0. The molecule has 0 aromatic rings. The van der Waals surface area contributed by atoms with Gasteiger partial charge in [-0.15, -0.1) is 0 Å². The molecule has 0 radical (unpaired) electrons. The Bertz CT molecular complexity index is 338. The lowest BCUT2D eigenvalue weighted by Gasteiger charge is -2.22. The lowest BCUT2D eigenvalue weighted by Crippen LogP contribution is -2.43. The summed E-state index contributed by atoms with van der Waals surface area (Å²) in [6.45, 7) is 4.40. The second-order valence-electron chi connectivity index (χ2n) is 6.85. The highest BCUT2D eigenvalue weighted by Crippen LogP contribution is 2.23. The maximum atomic E-state index is 12.1. The topological polar surface area (TPSA) is 55.4 Å². The minimum atomic E-state index is -0.533. The fraction of sp³-hybridized carbons (Fsp3) is 0.895. The number of unbranched alkanes of at least 4 members (excludes halogenated alkanes) is 6. The predicted molar refractivity (Wildman–Crippen MR) is 93.1 cm³/mol. The number of carbonyl (C=O) groups is 2. The van der Waals surface area contributed by atoms with Gasteiger partial charge < -0.3 is 10.1 Å². The Balaban J connectivity index is 2.05. The Morgan fingerprint density at radius 2 is 1.61 bits per heavy atom. The number of ether oxygens (including phenoxy) is 1. The molecule has 1 aliphatic rings. The maximum absolute atomic E-state index is 12.1. The summed E-state index contributed by atoms with van der Waals surface area (Å²) >= 11 is 0. The molecule has 1 N–H and O–H groups in total. The molecule has 1 rings (SSSR count). The van der Waals surface area contributed by atoms with Crippen LogP contribution in [0.2, 0.25) is 0 Å². The fourth-order valence-corrected chi connectivity index (χ4v) is 3.11. The van der Waals surface area contributed by atoms with Crippen LogP contribution in [0.3, 0.4) is 0 Å². The summed E-state index contributed by atoms with van der Waals surface area (Å²) < 4.78 is 5.27. The summed E-state index contributed by atoms with van der Waals surface area (Å²) in [7, 11) is 0. The molecule has 134 valence electrons. The molecule has 1 amide bonds. The normalized spacial score (nSPS) is 16.8. The Kier molecular flexibility index (Phi) is 10.8. The molecule has 0 bridgehead atoms. The molecule has 23 heavy (non-hydrogen) atoms. The van der Waals surface area contributed by atoms with E-state index in [1.165, 1.54) is 38.5 Å². The van der Waals surface area contributed by atoms with Crippen LogP contribution in [0.4, 0.5) is 0 Å². The highest BCUT2D eigenvalue weighted by Gasteiger charge is 2.24. The second-order valence-corrected chi connectivity index (χ2v) is 6.85. The van der Waals surface area contributed by atoms with Crippen molar-refractivity contribution in [2.45, 2.75) is 96.9 Å². The lowest BCUT2D eigenvalue weighted by molar-refractivity contribution is -0.148. The predicted octanol–water partition coefficient (Wildman–Crippen LogP) is 4.37. The number of carbonyl (C=O) groups excluding carboxylic acids is 2. The first-order valence-electron chi connectivity index (χ1n) is 9.62. The summed E-state index contributed by atoms with van der Waals surface area (Å²) in [5.74, 6) is -0.202. The van der Waals surface area contributed by atoms with Crippen molar-refractivity contribution in [1.82, 2.24) is 5.32 Å². The van der Waals surface area contributed by atoms with E-state index in [1.807, 2.05) is 0 Å². The first-order valence-corrected chi connectivity index (χ1v) is 9.62. The van der Waals surface area contributed by atoms with Crippen LogP contribution in [-0.4, -0.2) is 24.5 Å². The summed E-state index contributed by atoms with van der Waals surface area (Å²) in [6.07, 6.45) is 13.8. The molecular formula is C19H35NO3. The number of amides is 1. The van der Waals surface area contributed by atoms with E-state index in [9.17, 15) is 9.59 Å². The smallest absolute Gasteiger partial charge is 0.328 e. The molecule has 4 heteroatoms. The minimum absolute atomic E-state index is 0.0186. The van der Waals surface area contributed by atoms with E-state index in [1.54, 1.807) is 6.92 Å². The zero-order valence-corrected chi connectivity index (χ0v) is 15.1. The van der Waals surface area contributed by atoms with E-state index >= 15 is 0 Å². The van der Waals surface area contributed by atoms with Crippen molar-refractivity contribution in [2.24, 2.45) is 5.92 Å². The number of hydrogen-bond donors (Lipinski definition) is 1. The van der Waals surface area contributed by atoms with Crippen molar-refractivity contribution < 1.29 is 14.3 Å². The van der Waals surface area contributed by atoms with Gasteiger partial charge in [0.05, 0.1) is 6.61 Å². The number of nitrogens with one attached hydrogen (secondary N) is 1. The summed E-state index contributed by atoms with van der Waals surface area (Å²) in [5.41, 5.74) is 0. The molecule has 0 unspecified atom stereocenters. The van der Waals surface area contributed by atoms with Gasteiger partial charge in [-0.1, -0.05) is 64.7 Å². The van der Waals surface area contributed by atoms with Gasteiger partial charge in [0, 0.05) is 5.92 Å². The summed E-state index contributed by atoms with van der Waals surface area (Å²) in [5, 5.41) is 2.81. The van der Waals surface area contributed by atoms with Gasteiger partial charge in [-0.25, -0.2) is 4.79 Å². The molecule has 1 saturated carbocycles. The first kappa shape index (κ1) is 20.0. The van der Waals surface area contributed by atoms with Crippen molar-refractivity contribution in [3.8, 4) is 0 Å². The van der Waals surface area contributed by atoms with Crippen LogP contribution < -0.4 is 5.32 Å². The van der Waals surface area contributed by atoms with Crippen molar-refractivity contribution >= 4 is 11.9 Å². The molecule has 1 fully saturated rings. The average molecular weight is 325 g/mol. The standard InChI is InChI=1S/C19H35NO3/c1-3-4-5-6-7-8-12-15-23-19(22)16(2)20-18(21)17-13-10-9-11-14-17/h16-17H,3-15H2,1-2H3,(H,20,21)/t16-/m0/s1. The van der Waals surface area contributed by atoms with Gasteiger partial charge in [0.15, 0.2) is 0 Å². The second kappa shape index (κ2) is 12.4. The zero-order valence-electron chi connectivity index (χ0n) is 15.1. The van der Waals surface area contributed by atoms with Gasteiger partial charge in [0.25, 0.3) is 0 Å². The quantitative estimate of drug-likeness (QED) is 0.453. The monoisotopic (exact) mass is 325 g/mol. The van der Waals surface area contributed by atoms with Crippen LogP contribution in [0, 0.1) is 5.92 Å². The Hall–Kier alpha value is -1.06. The average Bonchev–Trinajstić information content (AvgIpc) is 2.57. The molecular weight excluding hydrogens is 290 g/mol. The van der Waals surface area contributed by atoms with E-state index in [4.69, 9.17) is 4.74 Å².